The molecule has 3 aromatic rings. The standard InChI is InChI=1S/C26H30N4O3/c1-19(31)28-15-17-29(18-16-28)23-11-7-5-9-20(23)13-14-22-21-10-6-8-12-24(21)30(27-22)25(32)33-26(2,3)4/h5-14H,15-18H2,1-4H3. The number of nitrogens with zero attached hydrogens (tertiary/aromatic N) is 4. The highest BCUT2D eigenvalue weighted by atomic mass is 16.6. The molecule has 0 N–H and O–H groups in total. The third-order valence-corrected chi connectivity index (χ3v) is 5.61. The Labute approximate surface area is 194 Å². The van der Waals surface area contributed by atoms with Crippen LogP contribution in [-0.4, -0.2) is 58.5 Å². The molecule has 0 saturated carbocycles. The lowest BCUT2D eigenvalue weighted by Gasteiger charge is -2.36. The second-order valence-corrected chi connectivity index (χ2v) is 9.18. The molecule has 1 fully saturated rings. The molecule has 1 amide bonds. The van der Waals surface area contributed by atoms with E-state index in [-0.39, 0.29) is 5.91 Å². The van der Waals surface area contributed by atoms with Crippen LogP contribution in [0, 0.1) is 0 Å². The Kier molecular flexibility index (Phi) is 6.22. The van der Waals surface area contributed by atoms with Crippen molar-refractivity contribution in [2.45, 2.75) is 33.3 Å². The van der Waals surface area contributed by atoms with Gasteiger partial charge in [-0.25, -0.2) is 4.79 Å². The second kappa shape index (κ2) is 9.10. The molecule has 0 atom stereocenters. The SMILES string of the molecule is CC(=O)N1CCN(c2ccccc2C=Cc2nn(C(=O)OC(C)(C)C)c3ccccc23)CC1. The number of hydrogen-bond acceptors (Lipinski definition) is 5. The second-order valence-electron chi connectivity index (χ2n) is 9.18. The summed E-state index contributed by atoms with van der Waals surface area (Å²) >= 11 is 0. The van der Waals surface area contributed by atoms with Gasteiger partial charge in [0, 0.05) is 44.2 Å². The van der Waals surface area contributed by atoms with Crippen LogP contribution in [0.1, 0.15) is 39.0 Å². The number of aromatic nitrogens is 2. The zero-order valence-electron chi connectivity index (χ0n) is 19.6. The van der Waals surface area contributed by atoms with E-state index in [1.165, 1.54) is 4.68 Å². The summed E-state index contributed by atoms with van der Waals surface area (Å²) in [4.78, 5) is 28.6. The van der Waals surface area contributed by atoms with Crippen LogP contribution in [0.2, 0.25) is 0 Å². The average molecular weight is 447 g/mol. The van der Waals surface area contributed by atoms with Gasteiger partial charge in [-0.3, -0.25) is 4.79 Å². The van der Waals surface area contributed by atoms with E-state index in [0.717, 1.165) is 42.8 Å². The zero-order chi connectivity index (χ0) is 23.6. The normalized spacial score (nSPS) is 14.8. The molecule has 0 spiro atoms. The van der Waals surface area contributed by atoms with Crippen molar-refractivity contribution in [3.63, 3.8) is 0 Å². The third-order valence-electron chi connectivity index (χ3n) is 5.61. The van der Waals surface area contributed by atoms with Gasteiger partial charge < -0.3 is 14.5 Å². The molecule has 7 heteroatoms. The fourth-order valence-electron chi connectivity index (χ4n) is 4.01. The number of anilines is 1. The van der Waals surface area contributed by atoms with Crippen LogP contribution in [0.25, 0.3) is 23.1 Å². The molecule has 1 aliphatic rings. The Bertz CT molecular complexity index is 1200. The van der Waals surface area contributed by atoms with Crippen molar-refractivity contribution in [3.8, 4) is 0 Å². The van der Waals surface area contributed by atoms with E-state index in [9.17, 15) is 9.59 Å². The summed E-state index contributed by atoms with van der Waals surface area (Å²) in [6.45, 7) is 10.2. The first-order chi connectivity index (χ1) is 15.7. The van der Waals surface area contributed by atoms with Gasteiger partial charge in [-0.1, -0.05) is 42.5 Å². The number of amides is 1. The molecule has 172 valence electrons. The van der Waals surface area contributed by atoms with Gasteiger partial charge in [-0.05, 0) is 44.5 Å². The van der Waals surface area contributed by atoms with E-state index in [4.69, 9.17) is 4.74 Å². The Balaban J connectivity index is 1.62. The molecule has 0 bridgehead atoms. The molecule has 4 rings (SSSR count). The van der Waals surface area contributed by atoms with E-state index in [0.29, 0.717) is 11.2 Å². The Morgan fingerprint density at radius 3 is 2.30 bits per heavy atom. The molecular formula is C26H30N4O3. The number of ether oxygens (including phenoxy) is 1. The predicted molar refractivity (Wildman–Crippen MR) is 131 cm³/mol. The molecule has 7 nitrogen and oxygen atoms in total. The molecule has 2 heterocycles. The number of carbonyl (C=O) groups excluding carboxylic acids is 2. The summed E-state index contributed by atoms with van der Waals surface area (Å²) in [5.41, 5.74) is 2.98. The zero-order valence-corrected chi connectivity index (χ0v) is 19.6. The van der Waals surface area contributed by atoms with Crippen LogP contribution < -0.4 is 4.90 Å². The summed E-state index contributed by atoms with van der Waals surface area (Å²) in [6, 6.07) is 15.8. The summed E-state index contributed by atoms with van der Waals surface area (Å²) in [5.74, 6) is 0.121. The highest BCUT2D eigenvalue weighted by Crippen LogP contribution is 2.26. The van der Waals surface area contributed by atoms with Gasteiger partial charge in [0.25, 0.3) is 0 Å². The number of fused-ring (bicyclic) bond motifs is 1. The van der Waals surface area contributed by atoms with Crippen molar-refractivity contribution in [2.75, 3.05) is 31.1 Å². The van der Waals surface area contributed by atoms with E-state index >= 15 is 0 Å². The lowest BCUT2D eigenvalue weighted by Crippen LogP contribution is -2.48. The Hall–Kier alpha value is -3.61. The maximum absolute atomic E-state index is 12.7. The minimum absolute atomic E-state index is 0.121. The van der Waals surface area contributed by atoms with Gasteiger partial charge >= 0.3 is 6.09 Å². The number of para-hydroxylation sites is 2. The van der Waals surface area contributed by atoms with Crippen molar-refractivity contribution >= 4 is 40.7 Å². The van der Waals surface area contributed by atoms with Gasteiger partial charge in [0.05, 0.1) is 11.2 Å². The van der Waals surface area contributed by atoms with Crippen LogP contribution in [-0.2, 0) is 9.53 Å². The van der Waals surface area contributed by atoms with Crippen LogP contribution in [0.4, 0.5) is 10.5 Å². The Morgan fingerprint density at radius 1 is 0.939 bits per heavy atom. The molecule has 0 radical (unpaired) electrons. The highest BCUT2D eigenvalue weighted by molar-refractivity contribution is 5.95. The first kappa shape index (κ1) is 22.6. The summed E-state index contributed by atoms with van der Waals surface area (Å²) in [5, 5.41) is 5.44. The van der Waals surface area contributed by atoms with Crippen molar-refractivity contribution < 1.29 is 14.3 Å². The quantitative estimate of drug-likeness (QED) is 0.585. The molecular weight excluding hydrogens is 416 g/mol. The van der Waals surface area contributed by atoms with Crippen LogP contribution >= 0.6 is 0 Å². The van der Waals surface area contributed by atoms with Gasteiger partial charge in [-0.2, -0.15) is 9.78 Å². The average Bonchev–Trinajstić information content (AvgIpc) is 3.16. The number of hydrogen-bond donors (Lipinski definition) is 0. The molecule has 2 aromatic carbocycles. The lowest BCUT2D eigenvalue weighted by atomic mass is 10.1. The van der Waals surface area contributed by atoms with Crippen LogP contribution in [0.15, 0.2) is 48.5 Å². The molecule has 0 aliphatic carbocycles. The minimum Gasteiger partial charge on any atom is -0.442 e. The third kappa shape index (κ3) is 5.08. The fourth-order valence-corrected chi connectivity index (χ4v) is 4.01. The predicted octanol–water partition coefficient (Wildman–Crippen LogP) is 4.66. The first-order valence-corrected chi connectivity index (χ1v) is 11.2. The summed E-state index contributed by atoms with van der Waals surface area (Å²) in [6.07, 6.45) is 3.47. The van der Waals surface area contributed by atoms with Crippen LogP contribution in [0.5, 0.6) is 0 Å². The first-order valence-electron chi connectivity index (χ1n) is 11.2. The fraction of sp³-hybridized carbons (Fsp3) is 0.346. The van der Waals surface area contributed by atoms with Crippen molar-refractivity contribution in [1.29, 1.82) is 0 Å². The van der Waals surface area contributed by atoms with Crippen molar-refractivity contribution in [1.82, 2.24) is 14.7 Å². The van der Waals surface area contributed by atoms with E-state index in [1.807, 2.05) is 74.2 Å². The summed E-state index contributed by atoms with van der Waals surface area (Å²) < 4.78 is 6.86. The minimum atomic E-state index is -0.606. The van der Waals surface area contributed by atoms with Gasteiger partial charge in [0.15, 0.2) is 0 Å². The van der Waals surface area contributed by atoms with Gasteiger partial charge in [-0.15, -0.1) is 0 Å². The number of piperazine rings is 1. The van der Waals surface area contributed by atoms with Crippen molar-refractivity contribution in [3.05, 3.63) is 59.8 Å². The van der Waals surface area contributed by atoms with E-state index in [1.54, 1.807) is 6.92 Å². The maximum atomic E-state index is 12.7. The van der Waals surface area contributed by atoms with Gasteiger partial charge in [0.2, 0.25) is 5.91 Å². The maximum Gasteiger partial charge on any atom is 0.435 e. The molecule has 0 unspecified atom stereocenters. The Morgan fingerprint density at radius 2 is 1.61 bits per heavy atom. The number of carbonyl (C=O) groups is 2. The molecule has 1 aliphatic heterocycles. The lowest BCUT2D eigenvalue weighted by molar-refractivity contribution is -0.129. The summed E-state index contributed by atoms with van der Waals surface area (Å²) in [7, 11) is 0. The number of benzene rings is 2. The topological polar surface area (TPSA) is 67.7 Å². The van der Waals surface area contributed by atoms with Crippen LogP contribution in [0.3, 0.4) is 0 Å². The number of rotatable bonds is 3. The van der Waals surface area contributed by atoms with E-state index in [2.05, 4.69) is 22.1 Å². The molecule has 1 saturated heterocycles. The monoisotopic (exact) mass is 446 g/mol. The molecule has 1 aromatic heterocycles. The van der Waals surface area contributed by atoms with E-state index < -0.39 is 11.7 Å². The van der Waals surface area contributed by atoms with Gasteiger partial charge in [0.1, 0.15) is 5.60 Å². The molecule has 33 heavy (non-hydrogen) atoms. The largest absolute Gasteiger partial charge is 0.442 e. The highest BCUT2D eigenvalue weighted by Gasteiger charge is 2.22. The van der Waals surface area contributed by atoms with Crippen molar-refractivity contribution in [2.24, 2.45) is 0 Å². The smallest absolute Gasteiger partial charge is 0.435 e.